The Labute approximate surface area is 208 Å². The molecule has 0 spiro atoms. The lowest BCUT2D eigenvalue weighted by Crippen LogP contribution is -2.47. The number of hydrogen-bond acceptors (Lipinski definition) is 4. The second kappa shape index (κ2) is 24.1. The monoisotopic (exact) mass is 484 g/mol. The third kappa shape index (κ3) is 20.6. The van der Waals surface area contributed by atoms with E-state index in [9.17, 15) is 14.4 Å². The first-order chi connectivity index (χ1) is 16.5. The van der Waals surface area contributed by atoms with Crippen LogP contribution in [0.4, 0.5) is 9.59 Å². The zero-order valence-corrected chi connectivity index (χ0v) is 22.1. The molecular weight excluding hydrogens is 432 g/mol. The van der Waals surface area contributed by atoms with Crippen molar-refractivity contribution in [2.24, 2.45) is 0 Å². The van der Waals surface area contributed by atoms with Crippen LogP contribution in [0.25, 0.3) is 0 Å². The van der Waals surface area contributed by atoms with Crippen molar-refractivity contribution in [2.45, 2.75) is 123 Å². The highest BCUT2D eigenvalue weighted by atomic mass is 16.5. The average Bonchev–Trinajstić information content (AvgIpc) is 2.82. The minimum Gasteiger partial charge on any atom is -0.464 e. The Morgan fingerprint density at radius 2 is 1.03 bits per heavy atom. The van der Waals surface area contributed by atoms with Gasteiger partial charge in [-0.15, -0.1) is 0 Å². The van der Waals surface area contributed by atoms with Crippen molar-refractivity contribution in [1.29, 1.82) is 0 Å². The van der Waals surface area contributed by atoms with Gasteiger partial charge in [0.2, 0.25) is 0 Å². The Kier molecular flexibility index (Phi) is 22.7. The first kappa shape index (κ1) is 32.0. The summed E-state index contributed by atoms with van der Waals surface area (Å²) in [5, 5.41) is 11.3. The molecule has 0 aromatic rings. The lowest BCUT2D eigenvalue weighted by Gasteiger charge is -2.18. The zero-order chi connectivity index (χ0) is 25.3. The summed E-state index contributed by atoms with van der Waals surface area (Å²) in [4.78, 5) is 36.2. The molecule has 0 bridgehead atoms. The molecule has 1 unspecified atom stereocenters. The number of nitrogens with one attached hydrogen (secondary N) is 4. The fraction of sp³-hybridized carbons (Fsp3) is 0.885. The Hall–Kier alpha value is -1.99. The molecule has 0 aliphatic rings. The van der Waals surface area contributed by atoms with E-state index in [4.69, 9.17) is 4.74 Å². The van der Waals surface area contributed by atoms with Gasteiger partial charge in [-0.05, 0) is 39.0 Å². The summed E-state index contributed by atoms with van der Waals surface area (Å²) in [6, 6.07) is -1.16. The highest BCUT2D eigenvalue weighted by Crippen LogP contribution is 2.06. The minimum absolute atomic E-state index is 0.150. The largest absolute Gasteiger partial charge is 0.464 e. The SMILES string of the molecule is CCCCCCCCNC(=O)NCCCCC(NC(=O)NCCCCCCCC)C(=O)OCC. The van der Waals surface area contributed by atoms with E-state index in [1.54, 1.807) is 6.92 Å². The summed E-state index contributed by atoms with van der Waals surface area (Å²) in [5.41, 5.74) is 0. The highest BCUT2D eigenvalue weighted by Gasteiger charge is 2.21. The van der Waals surface area contributed by atoms with E-state index in [1.165, 1.54) is 51.4 Å². The number of carbonyl (C=O) groups excluding carboxylic acids is 3. The zero-order valence-electron chi connectivity index (χ0n) is 22.1. The molecule has 0 rings (SSSR count). The highest BCUT2D eigenvalue weighted by molar-refractivity contribution is 5.83. The number of ether oxygens (including phenoxy) is 1. The number of esters is 1. The topological polar surface area (TPSA) is 109 Å². The number of urea groups is 2. The van der Waals surface area contributed by atoms with Gasteiger partial charge in [-0.25, -0.2) is 14.4 Å². The number of rotatable bonds is 22. The van der Waals surface area contributed by atoms with Crippen LogP contribution < -0.4 is 21.3 Å². The normalized spacial score (nSPS) is 11.5. The molecule has 0 heterocycles. The summed E-state index contributed by atoms with van der Waals surface area (Å²) in [6.45, 7) is 8.25. The fourth-order valence-electron chi connectivity index (χ4n) is 3.65. The van der Waals surface area contributed by atoms with Gasteiger partial charge in [-0.1, -0.05) is 78.1 Å². The first-order valence-electron chi connectivity index (χ1n) is 13.8. The van der Waals surface area contributed by atoms with Gasteiger partial charge >= 0.3 is 18.0 Å². The summed E-state index contributed by atoms with van der Waals surface area (Å²) in [7, 11) is 0. The minimum atomic E-state index is -0.675. The number of amides is 4. The second-order valence-electron chi connectivity index (χ2n) is 8.92. The van der Waals surface area contributed by atoms with Crippen molar-refractivity contribution in [3.63, 3.8) is 0 Å². The van der Waals surface area contributed by atoms with Crippen LogP contribution in [0.1, 0.15) is 117 Å². The lowest BCUT2D eigenvalue weighted by molar-refractivity contribution is -0.145. The van der Waals surface area contributed by atoms with Crippen LogP contribution in [0.5, 0.6) is 0 Å². The fourth-order valence-corrected chi connectivity index (χ4v) is 3.65. The molecule has 4 amide bonds. The van der Waals surface area contributed by atoms with E-state index < -0.39 is 12.0 Å². The molecule has 1 atom stereocenters. The van der Waals surface area contributed by atoms with Crippen molar-refractivity contribution < 1.29 is 19.1 Å². The lowest BCUT2D eigenvalue weighted by atomic mass is 10.1. The predicted octanol–water partition coefficient (Wildman–Crippen LogP) is 5.41. The standard InChI is InChI=1S/C26H52N4O4/c1-4-7-9-11-13-16-20-27-25(32)28-22-18-15-19-23(24(31)34-6-3)30-26(33)29-21-17-14-12-10-8-5-2/h23H,4-22H2,1-3H3,(H2,27,28,32)(H2,29,30,33). The molecule has 0 radical (unpaired) electrons. The van der Waals surface area contributed by atoms with Crippen LogP contribution in [0, 0.1) is 0 Å². The van der Waals surface area contributed by atoms with E-state index in [0.29, 0.717) is 32.5 Å². The molecule has 0 aliphatic heterocycles. The second-order valence-corrected chi connectivity index (χ2v) is 8.92. The molecule has 0 saturated carbocycles. The van der Waals surface area contributed by atoms with E-state index >= 15 is 0 Å². The van der Waals surface area contributed by atoms with Crippen molar-refractivity contribution in [3.05, 3.63) is 0 Å². The Bertz CT molecular complexity index is 517. The third-order valence-corrected chi connectivity index (χ3v) is 5.71. The van der Waals surface area contributed by atoms with Crippen molar-refractivity contribution >= 4 is 18.0 Å². The van der Waals surface area contributed by atoms with Gasteiger partial charge in [-0.2, -0.15) is 0 Å². The molecule has 200 valence electrons. The first-order valence-corrected chi connectivity index (χ1v) is 13.8. The maximum atomic E-state index is 12.2. The molecule has 0 fully saturated rings. The molecule has 0 aromatic heterocycles. The number of carbonyl (C=O) groups is 3. The molecule has 34 heavy (non-hydrogen) atoms. The van der Waals surface area contributed by atoms with Crippen LogP contribution >= 0.6 is 0 Å². The van der Waals surface area contributed by atoms with E-state index in [-0.39, 0.29) is 18.7 Å². The molecule has 0 saturated heterocycles. The van der Waals surface area contributed by atoms with Gasteiger partial charge in [0, 0.05) is 19.6 Å². The number of unbranched alkanes of at least 4 members (excludes halogenated alkanes) is 11. The molecule has 8 heteroatoms. The quantitative estimate of drug-likeness (QED) is 0.122. The van der Waals surface area contributed by atoms with Gasteiger partial charge < -0.3 is 26.0 Å². The Morgan fingerprint density at radius 1 is 0.588 bits per heavy atom. The van der Waals surface area contributed by atoms with Crippen LogP contribution in [-0.2, 0) is 9.53 Å². The van der Waals surface area contributed by atoms with E-state index in [1.807, 2.05) is 0 Å². The average molecular weight is 485 g/mol. The van der Waals surface area contributed by atoms with Crippen LogP contribution in [0.2, 0.25) is 0 Å². The Morgan fingerprint density at radius 3 is 1.53 bits per heavy atom. The van der Waals surface area contributed by atoms with Gasteiger partial charge in [0.25, 0.3) is 0 Å². The predicted molar refractivity (Wildman–Crippen MR) is 139 cm³/mol. The Balaban J connectivity index is 3.97. The van der Waals surface area contributed by atoms with Crippen LogP contribution in [0.15, 0.2) is 0 Å². The summed E-state index contributed by atoms with van der Waals surface area (Å²) in [6.07, 6.45) is 16.0. The van der Waals surface area contributed by atoms with Gasteiger partial charge in [0.15, 0.2) is 0 Å². The van der Waals surface area contributed by atoms with Crippen molar-refractivity contribution in [2.75, 3.05) is 26.2 Å². The van der Waals surface area contributed by atoms with Crippen LogP contribution in [-0.4, -0.2) is 50.3 Å². The summed E-state index contributed by atoms with van der Waals surface area (Å²) in [5.74, 6) is -0.415. The van der Waals surface area contributed by atoms with Gasteiger partial charge in [0.05, 0.1) is 6.61 Å². The van der Waals surface area contributed by atoms with Crippen LogP contribution in [0.3, 0.4) is 0 Å². The van der Waals surface area contributed by atoms with Crippen molar-refractivity contribution in [3.8, 4) is 0 Å². The molecule has 0 aromatic carbocycles. The maximum Gasteiger partial charge on any atom is 0.328 e. The molecule has 4 N–H and O–H groups in total. The smallest absolute Gasteiger partial charge is 0.328 e. The van der Waals surface area contributed by atoms with Gasteiger partial charge in [-0.3, -0.25) is 0 Å². The molecule has 8 nitrogen and oxygen atoms in total. The van der Waals surface area contributed by atoms with E-state index in [0.717, 1.165) is 32.1 Å². The summed E-state index contributed by atoms with van der Waals surface area (Å²) < 4.78 is 5.11. The van der Waals surface area contributed by atoms with Gasteiger partial charge in [0.1, 0.15) is 6.04 Å². The van der Waals surface area contributed by atoms with E-state index in [2.05, 4.69) is 35.1 Å². The summed E-state index contributed by atoms with van der Waals surface area (Å²) >= 11 is 0. The number of hydrogen-bond donors (Lipinski definition) is 4. The third-order valence-electron chi connectivity index (χ3n) is 5.71. The molecule has 0 aliphatic carbocycles. The van der Waals surface area contributed by atoms with Crippen molar-refractivity contribution in [1.82, 2.24) is 21.3 Å². The maximum absolute atomic E-state index is 12.2. The molecular formula is C26H52N4O4.